The van der Waals surface area contributed by atoms with Crippen LogP contribution >= 0.6 is 46.4 Å². The van der Waals surface area contributed by atoms with Crippen molar-refractivity contribution in [2.24, 2.45) is 0 Å². The van der Waals surface area contributed by atoms with Crippen LogP contribution in [0.2, 0.25) is 20.1 Å². The first-order valence-electron chi connectivity index (χ1n) is 7.91. The summed E-state index contributed by atoms with van der Waals surface area (Å²) in [6.45, 7) is 0. The Morgan fingerprint density at radius 1 is 0.690 bits per heavy atom. The molecule has 0 radical (unpaired) electrons. The molecule has 5 nitrogen and oxygen atoms in total. The van der Waals surface area contributed by atoms with Crippen LogP contribution < -0.4 is 0 Å². The molecule has 3 aromatic rings. The highest BCUT2D eigenvalue weighted by Crippen LogP contribution is 2.53. The average molecular weight is 494 g/mol. The third kappa shape index (κ3) is 3.44. The standard InChI is InChI=1S/C19H12Cl4O5S/c20-13-7-1-4-10(16(13)22)19(29(26,27)28,11-5-2-8-14(21)17(11)23)12-6-3-9-15(24)18(12)25/h1-9,24-25H,(H,26,27,28). The third-order valence-electron chi connectivity index (χ3n) is 4.44. The lowest BCUT2D eigenvalue weighted by molar-refractivity contribution is 0.393. The fraction of sp³-hybridized carbons (Fsp3) is 0.0526. The third-order valence-corrected chi connectivity index (χ3v) is 7.51. The molecule has 0 saturated heterocycles. The Labute approximate surface area is 186 Å². The highest BCUT2D eigenvalue weighted by atomic mass is 35.5. The van der Waals surface area contributed by atoms with Gasteiger partial charge in [-0.05, 0) is 18.2 Å². The topological polar surface area (TPSA) is 94.8 Å². The highest BCUT2D eigenvalue weighted by Gasteiger charge is 2.53. The zero-order valence-corrected chi connectivity index (χ0v) is 18.1. The van der Waals surface area contributed by atoms with E-state index in [0.717, 1.165) is 6.07 Å². The molecule has 0 saturated carbocycles. The van der Waals surface area contributed by atoms with Crippen molar-refractivity contribution in [2.45, 2.75) is 4.75 Å². The Hall–Kier alpha value is -1.67. The maximum atomic E-state index is 13.0. The highest BCUT2D eigenvalue weighted by molar-refractivity contribution is 7.87. The lowest BCUT2D eigenvalue weighted by Crippen LogP contribution is -2.39. The van der Waals surface area contributed by atoms with Gasteiger partial charge in [-0.25, -0.2) is 0 Å². The summed E-state index contributed by atoms with van der Waals surface area (Å²) in [7, 11) is -5.16. The van der Waals surface area contributed by atoms with Crippen molar-refractivity contribution in [1.82, 2.24) is 0 Å². The number of hydrogen-bond donors (Lipinski definition) is 3. The largest absolute Gasteiger partial charge is 0.504 e. The van der Waals surface area contributed by atoms with Crippen LogP contribution in [0.1, 0.15) is 16.7 Å². The van der Waals surface area contributed by atoms with Gasteiger partial charge in [-0.1, -0.05) is 82.8 Å². The molecule has 0 atom stereocenters. The summed E-state index contributed by atoms with van der Waals surface area (Å²) in [5.74, 6) is -1.41. The zero-order chi connectivity index (χ0) is 21.6. The van der Waals surface area contributed by atoms with Crippen LogP contribution in [0.4, 0.5) is 0 Å². The molecule has 0 bridgehead atoms. The normalized spacial score (nSPS) is 12.2. The van der Waals surface area contributed by atoms with Gasteiger partial charge in [0.1, 0.15) is 0 Å². The second-order valence-electron chi connectivity index (χ2n) is 6.03. The number of phenolic OH excluding ortho intramolecular Hbond substituents is 2. The van der Waals surface area contributed by atoms with Gasteiger partial charge in [-0.3, -0.25) is 4.55 Å². The molecule has 3 N–H and O–H groups in total. The van der Waals surface area contributed by atoms with Crippen LogP contribution in [-0.2, 0) is 14.9 Å². The van der Waals surface area contributed by atoms with E-state index in [0.29, 0.717) is 0 Å². The van der Waals surface area contributed by atoms with E-state index in [1.54, 1.807) is 0 Å². The molecule has 3 aromatic carbocycles. The van der Waals surface area contributed by atoms with Crippen LogP contribution in [0, 0.1) is 0 Å². The van der Waals surface area contributed by atoms with Crippen molar-refractivity contribution in [3.63, 3.8) is 0 Å². The molecule has 10 heteroatoms. The SMILES string of the molecule is O=S(=O)(O)C(c1cccc(O)c1O)(c1cccc(Cl)c1Cl)c1cccc(Cl)c1Cl. The molecular weight excluding hydrogens is 482 g/mol. The summed E-state index contributed by atoms with van der Waals surface area (Å²) in [5, 5.41) is 20.2. The number of rotatable bonds is 4. The van der Waals surface area contributed by atoms with E-state index in [2.05, 4.69) is 0 Å². The van der Waals surface area contributed by atoms with Crippen LogP contribution in [0.15, 0.2) is 54.6 Å². The number of halogens is 4. The second-order valence-corrected chi connectivity index (χ2v) is 9.17. The van der Waals surface area contributed by atoms with Gasteiger partial charge in [0.2, 0.25) is 0 Å². The van der Waals surface area contributed by atoms with Crippen LogP contribution in [0.25, 0.3) is 0 Å². The fourth-order valence-electron chi connectivity index (χ4n) is 3.22. The summed E-state index contributed by atoms with van der Waals surface area (Å²) in [6, 6.07) is 11.9. The quantitative estimate of drug-likeness (QED) is 0.239. The van der Waals surface area contributed by atoms with E-state index in [1.807, 2.05) is 0 Å². The molecule has 0 aliphatic rings. The molecule has 0 aliphatic heterocycles. The first-order chi connectivity index (χ1) is 13.5. The van der Waals surface area contributed by atoms with Gasteiger partial charge in [0.15, 0.2) is 16.2 Å². The van der Waals surface area contributed by atoms with Crippen LogP contribution in [-0.4, -0.2) is 23.2 Å². The first kappa shape index (κ1) is 22.0. The summed E-state index contributed by atoms with van der Waals surface area (Å²) >= 11 is 24.9. The Bertz CT molecular complexity index is 1090. The van der Waals surface area contributed by atoms with E-state index in [1.165, 1.54) is 48.5 Å². The van der Waals surface area contributed by atoms with Crippen molar-refractivity contribution in [3.8, 4) is 11.5 Å². The van der Waals surface area contributed by atoms with E-state index in [4.69, 9.17) is 46.4 Å². The zero-order valence-electron chi connectivity index (χ0n) is 14.3. The summed E-state index contributed by atoms with van der Waals surface area (Å²) < 4.78 is 34.0. The van der Waals surface area contributed by atoms with Gasteiger partial charge in [-0.15, -0.1) is 0 Å². The number of para-hydroxylation sites is 1. The van der Waals surface area contributed by atoms with Crippen molar-refractivity contribution >= 4 is 56.5 Å². The number of phenols is 2. The minimum atomic E-state index is -5.16. The van der Waals surface area contributed by atoms with Crippen molar-refractivity contribution in [2.75, 3.05) is 0 Å². The number of aromatic hydroxyl groups is 2. The number of hydrogen-bond acceptors (Lipinski definition) is 4. The van der Waals surface area contributed by atoms with Gasteiger partial charge in [0.25, 0.3) is 10.1 Å². The summed E-state index contributed by atoms with van der Waals surface area (Å²) in [4.78, 5) is 0. The molecule has 0 unspecified atom stereocenters. The van der Waals surface area contributed by atoms with Gasteiger partial charge >= 0.3 is 0 Å². The van der Waals surface area contributed by atoms with Crippen molar-refractivity contribution in [3.05, 3.63) is 91.4 Å². The van der Waals surface area contributed by atoms with E-state index >= 15 is 0 Å². The van der Waals surface area contributed by atoms with Gasteiger partial charge < -0.3 is 10.2 Å². The van der Waals surface area contributed by atoms with Crippen molar-refractivity contribution < 1.29 is 23.2 Å². The first-order valence-corrected chi connectivity index (χ1v) is 10.9. The van der Waals surface area contributed by atoms with Crippen molar-refractivity contribution in [1.29, 1.82) is 0 Å². The molecule has 0 heterocycles. The molecule has 0 spiro atoms. The summed E-state index contributed by atoms with van der Waals surface area (Å²) in [6.07, 6.45) is 0. The van der Waals surface area contributed by atoms with Gasteiger partial charge in [0, 0.05) is 16.7 Å². The molecule has 0 aliphatic carbocycles. The smallest absolute Gasteiger partial charge is 0.283 e. The Morgan fingerprint density at radius 2 is 1.10 bits per heavy atom. The lowest BCUT2D eigenvalue weighted by Gasteiger charge is -2.34. The predicted molar refractivity (Wildman–Crippen MR) is 114 cm³/mol. The predicted octanol–water partition coefficient (Wildman–Crippen LogP) is 5.89. The maximum Gasteiger partial charge on any atom is 0.283 e. The van der Waals surface area contributed by atoms with E-state index < -0.39 is 31.9 Å². The lowest BCUT2D eigenvalue weighted by atomic mass is 9.83. The summed E-state index contributed by atoms with van der Waals surface area (Å²) in [5.41, 5.74) is -0.785. The maximum absolute atomic E-state index is 13.0. The molecule has 0 aromatic heterocycles. The minimum Gasteiger partial charge on any atom is -0.504 e. The molecule has 0 fully saturated rings. The average Bonchev–Trinajstić information content (AvgIpc) is 2.64. The monoisotopic (exact) mass is 492 g/mol. The minimum absolute atomic E-state index is 0.00464. The van der Waals surface area contributed by atoms with Gasteiger partial charge in [0.05, 0.1) is 20.1 Å². The second kappa shape index (κ2) is 7.87. The molecular formula is C19H12Cl4O5S. The van der Waals surface area contributed by atoms with Crippen LogP contribution in [0.3, 0.4) is 0 Å². The Balaban J connectivity index is 2.68. The van der Waals surface area contributed by atoms with Crippen LogP contribution in [0.5, 0.6) is 11.5 Å². The Morgan fingerprint density at radius 3 is 1.55 bits per heavy atom. The fourth-order valence-corrected chi connectivity index (χ4v) is 5.55. The van der Waals surface area contributed by atoms with E-state index in [-0.39, 0.29) is 31.2 Å². The molecule has 152 valence electrons. The molecule has 29 heavy (non-hydrogen) atoms. The number of benzene rings is 3. The molecule has 0 amide bonds. The van der Waals surface area contributed by atoms with E-state index in [9.17, 15) is 23.2 Å². The van der Waals surface area contributed by atoms with Gasteiger partial charge in [-0.2, -0.15) is 8.42 Å². The molecule has 3 rings (SSSR count). The Kier molecular flexibility index (Phi) is 5.98.